The fourth-order valence-corrected chi connectivity index (χ4v) is 1.68. The first-order valence-corrected chi connectivity index (χ1v) is 5.84. The Kier molecular flexibility index (Phi) is 4.70. The normalized spacial score (nSPS) is 13.2. The van der Waals surface area contributed by atoms with Gasteiger partial charge in [-0.15, -0.1) is 0 Å². The molecule has 0 aliphatic heterocycles. The number of nitrogens with one attached hydrogen (secondary N) is 1. The van der Waals surface area contributed by atoms with E-state index >= 15 is 0 Å². The van der Waals surface area contributed by atoms with Crippen molar-refractivity contribution in [1.29, 1.82) is 0 Å². The van der Waals surface area contributed by atoms with Crippen LogP contribution in [0.3, 0.4) is 0 Å². The van der Waals surface area contributed by atoms with Crippen molar-refractivity contribution in [2.75, 3.05) is 13.7 Å². The maximum absolute atomic E-state index is 12.2. The molecule has 1 aromatic carbocycles. The Morgan fingerprint density at radius 1 is 1.35 bits per heavy atom. The van der Waals surface area contributed by atoms with E-state index in [-0.39, 0.29) is 11.9 Å². The molecule has 0 heterocycles. The Bertz CT molecular complexity index is 360. The zero-order valence-electron chi connectivity index (χ0n) is 11.0. The molecule has 1 aromatic rings. The number of methoxy groups -OCH3 is 1. The first-order valence-electron chi connectivity index (χ1n) is 5.84. The number of ether oxygens (including phenoxy) is 1. The van der Waals surface area contributed by atoms with Gasteiger partial charge >= 0.3 is 0 Å². The molecule has 0 saturated carbocycles. The van der Waals surface area contributed by atoms with E-state index in [1.807, 2.05) is 51.1 Å². The summed E-state index contributed by atoms with van der Waals surface area (Å²) < 4.78 is 5.01. The van der Waals surface area contributed by atoms with Gasteiger partial charge in [0.15, 0.2) is 0 Å². The molecule has 0 bridgehead atoms. The molecule has 1 amide bonds. The van der Waals surface area contributed by atoms with E-state index in [0.29, 0.717) is 6.61 Å². The summed E-state index contributed by atoms with van der Waals surface area (Å²) in [5, 5.41) is 2.96. The molecule has 3 nitrogen and oxygen atoms in total. The van der Waals surface area contributed by atoms with E-state index in [9.17, 15) is 4.79 Å². The van der Waals surface area contributed by atoms with Gasteiger partial charge in [0.25, 0.3) is 0 Å². The highest BCUT2D eigenvalue weighted by Gasteiger charge is 2.30. The van der Waals surface area contributed by atoms with Gasteiger partial charge in [-0.05, 0) is 26.3 Å². The Morgan fingerprint density at radius 3 is 2.47 bits per heavy atom. The van der Waals surface area contributed by atoms with E-state index in [2.05, 4.69) is 5.32 Å². The van der Waals surface area contributed by atoms with Gasteiger partial charge in [-0.3, -0.25) is 4.79 Å². The summed E-state index contributed by atoms with van der Waals surface area (Å²) in [5.41, 5.74) is 0.491. The number of rotatable bonds is 5. The minimum atomic E-state index is -0.525. The maximum atomic E-state index is 12.2. The van der Waals surface area contributed by atoms with Crippen LogP contribution in [0, 0.1) is 0 Å². The van der Waals surface area contributed by atoms with Gasteiger partial charge in [-0.2, -0.15) is 0 Å². The molecule has 17 heavy (non-hydrogen) atoms. The molecular formula is C14H21NO2. The number of hydrogen-bond donors (Lipinski definition) is 1. The van der Waals surface area contributed by atoms with Crippen molar-refractivity contribution in [3.05, 3.63) is 35.9 Å². The highest BCUT2D eigenvalue weighted by atomic mass is 16.5. The topological polar surface area (TPSA) is 38.3 Å². The van der Waals surface area contributed by atoms with Crippen molar-refractivity contribution in [3.63, 3.8) is 0 Å². The lowest BCUT2D eigenvalue weighted by Gasteiger charge is -2.26. The molecule has 3 heteroatoms. The second-order valence-electron chi connectivity index (χ2n) is 4.82. The van der Waals surface area contributed by atoms with Crippen LogP contribution in [0.5, 0.6) is 0 Å². The Morgan fingerprint density at radius 2 is 1.94 bits per heavy atom. The second kappa shape index (κ2) is 5.82. The predicted molar refractivity (Wildman–Crippen MR) is 68.9 cm³/mol. The average molecular weight is 235 g/mol. The molecule has 0 aliphatic carbocycles. The summed E-state index contributed by atoms with van der Waals surface area (Å²) >= 11 is 0. The highest BCUT2D eigenvalue weighted by Crippen LogP contribution is 2.23. The highest BCUT2D eigenvalue weighted by molar-refractivity contribution is 5.87. The lowest BCUT2D eigenvalue weighted by molar-refractivity contribution is -0.126. The number of carbonyl (C=O) groups excluding carboxylic acids is 1. The van der Waals surface area contributed by atoms with Gasteiger partial charge in [0.2, 0.25) is 5.91 Å². The fourth-order valence-electron chi connectivity index (χ4n) is 1.68. The van der Waals surface area contributed by atoms with Crippen LogP contribution < -0.4 is 5.32 Å². The van der Waals surface area contributed by atoms with Gasteiger partial charge in [0.1, 0.15) is 0 Å². The van der Waals surface area contributed by atoms with E-state index in [0.717, 1.165) is 5.56 Å². The summed E-state index contributed by atoms with van der Waals surface area (Å²) in [6.45, 7) is 6.31. The van der Waals surface area contributed by atoms with Crippen LogP contribution in [-0.2, 0) is 14.9 Å². The number of hydrogen-bond acceptors (Lipinski definition) is 2. The molecule has 1 unspecified atom stereocenters. The third-order valence-corrected chi connectivity index (χ3v) is 2.86. The molecule has 1 atom stereocenters. The number of benzene rings is 1. The summed E-state index contributed by atoms with van der Waals surface area (Å²) in [6, 6.07) is 9.81. The van der Waals surface area contributed by atoms with Crippen LogP contribution in [-0.4, -0.2) is 25.7 Å². The van der Waals surface area contributed by atoms with Gasteiger partial charge in [0, 0.05) is 13.2 Å². The van der Waals surface area contributed by atoms with Crippen molar-refractivity contribution in [2.24, 2.45) is 0 Å². The molecule has 0 radical (unpaired) electrons. The fraction of sp³-hybridized carbons (Fsp3) is 0.500. The summed E-state index contributed by atoms with van der Waals surface area (Å²) in [4.78, 5) is 12.2. The predicted octanol–water partition coefficient (Wildman–Crippen LogP) is 2.12. The standard InChI is InChI=1S/C14H21NO2/c1-11(10-17-4)15-13(16)14(2,3)12-8-6-5-7-9-12/h5-9,11H,10H2,1-4H3,(H,15,16). The molecule has 0 aliphatic rings. The van der Waals surface area contributed by atoms with E-state index in [4.69, 9.17) is 4.74 Å². The first-order chi connectivity index (χ1) is 7.98. The first kappa shape index (κ1) is 13.7. The van der Waals surface area contributed by atoms with Crippen molar-refractivity contribution in [3.8, 4) is 0 Å². The van der Waals surface area contributed by atoms with Gasteiger partial charge < -0.3 is 10.1 Å². The van der Waals surface area contributed by atoms with Crippen molar-refractivity contribution < 1.29 is 9.53 Å². The zero-order valence-corrected chi connectivity index (χ0v) is 11.0. The summed E-state index contributed by atoms with van der Waals surface area (Å²) in [7, 11) is 1.63. The maximum Gasteiger partial charge on any atom is 0.230 e. The minimum Gasteiger partial charge on any atom is -0.383 e. The molecule has 0 fully saturated rings. The van der Waals surface area contributed by atoms with Crippen LogP contribution in [0.1, 0.15) is 26.3 Å². The second-order valence-corrected chi connectivity index (χ2v) is 4.82. The quantitative estimate of drug-likeness (QED) is 0.849. The Labute approximate surface area is 103 Å². The Balaban J connectivity index is 2.74. The smallest absolute Gasteiger partial charge is 0.230 e. The molecule has 0 spiro atoms. The van der Waals surface area contributed by atoms with Crippen molar-refractivity contribution in [1.82, 2.24) is 5.32 Å². The van der Waals surface area contributed by atoms with Gasteiger partial charge in [0.05, 0.1) is 12.0 Å². The van der Waals surface area contributed by atoms with Crippen LogP contribution in [0.4, 0.5) is 0 Å². The van der Waals surface area contributed by atoms with E-state index < -0.39 is 5.41 Å². The van der Waals surface area contributed by atoms with Crippen LogP contribution >= 0.6 is 0 Å². The monoisotopic (exact) mass is 235 g/mol. The van der Waals surface area contributed by atoms with Crippen LogP contribution in [0.15, 0.2) is 30.3 Å². The molecule has 0 saturated heterocycles. The van der Waals surface area contributed by atoms with Crippen LogP contribution in [0.25, 0.3) is 0 Å². The van der Waals surface area contributed by atoms with Crippen molar-refractivity contribution >= 4 is 5.91 Å². The third kappa shape index (κ3) is 3.56. The molecule has 0 aromatic heterocycles. The SMILES string of the molecule is COCC(C)NC(=O)C(C)(C)c1ccccc1. The molecular weight excluding hydrogens is 214 g/mol. The zero-order chi connectivity index (χ0) is 12.9. The number of amides is 1. The summed E-state index contributed by atoms with van der Waals surface area (Å²) in [5.74, 6) is 0.0215. The van der Waals surface area contributed by atoms with Gasteiger partial charge in [-0.25, -0.2) is 0 Å². The van der Waals surface area contributed by atoms with Gasteiger partial charge in [-0.1, -0.05) is 30.3 Å². The largest absolute Gasteiger partial charge is 0.383 e. The average Bonchev–Trinajstić information content (AvgIpc) is 2.30. The van der Waals surface area contributed by atoms with Crippen LogP contribution in [0.2, 0.25) is 0 Å². The van der Waals surface area contributed by atoms with Crippen molar-refractivity contribution in [2.45, 2.75) is 32.2 Å². The molecule has 94 valence electrons. The lowest BCUT2D eigenvalue weighted by atomic mass is 9.83. The minimum absolute atomic E-state index is 0.0215. The van der Waals surface area contributed by atoms with E-state index in [1.54, 1.807) is 7.11 Å². The summed E-state index contributed by atoms with van der Waals surface area (Å²) in [6.07, 6.45) is 0. The molecule has 1 N–H and O–H groups in total. The van der Waals surface area contributed by atoms with E-state index in [1.165, 1.54) is 0 Å². The Hall–Kier alpha value is -1.35. The third-order valence-electron chi connectivity index (χ3n) is 2.86. The molecule has 1 rings (SSSR count). The lowest BCUT2D eigenvalue weighted by Crippen LogP contribution is -2.45. The number of carbonyl (C=O) groups is 1.